The predicted octanol–water partition coefficient (Wildman–Crippen LogP) is 2.33. The molecule has 3 rings (SSSR count). The molecule has 0 fully saturated rings. The molecule has 2 aromatic carbocycles. The number of carbonyl (C=O) groups excluding carboxylic acids is 3. The van der Waals surface area contributed by atoms with Crippen molar-refractivity contribution in [3.63, 3.8) is 0 Å². The van der Waals surface area contributed by atoms with Gasteiger partial charge in [-0.2, -0.15) is 0 Å². The van der Waals surface area contributed by atoms with Crippen LogP contribution in [0, 0.1) is 0 Å². The predicted molar refractivity (Wildman–Crippen MR) is 128 cm³/mol. The Balaban J connectivity index is 0.000000270. The van der Waals surface area contributed by atoms with Gasteiger partial charge in [-0.3, -0.25) is 14.6 Å². The van der Waals surface area contributed by atoms with Crippen molar-refractivity contribution in [2.45, 2.75) is 24.9 Å². The van der Waals surface area contributed by atoms with Crippen molar-refractivity contribution in [1.82, 2.24) is 10.3 Å². The quantitative estimate of drug-likeness (QED) is 0.492. The number of amides is 1. The highest BCUT2D eigenvalue weighted by atomic mass is 16.5. The van der Waals surface area contributed by atoms with E-state index < -0.39 is 18.1 Å². The third-order valence-electron chi connectivity index (χ3n) is 4.80. The van der Waals surface area contributed by atoms with Crippen molar-refractivity contribution in [2.75, 3.05) is 14.2 Å². The van der Waals surface area contributed by atoms with E-state index in [-0.39, 0.29) is 11.9 Å². The van der Waals surface area contributed by atoms with E-state index >= 15 is 0 Å². The molecule has 0 saturated carbocycles. The van der Waals surface area contributed by atoms with Gasteiger partial charge in [0.25, 0.3) is 5.91 Å². The molecule has 1 aromatic heterocycles. The lowest BCUT2D eigenvalue weighted by molar-refractivity contribution is -0.143. The van der Waals surface area contributed by atoms with Gasteiger partial charge in [0.2, 0.25) is 0 Å². The van der Waals surface area contributed by atoms with Crippen LogP contribution in [0.5, 0.6) is 0 Å². The molecule has 0 spiro atoms. The molecule has 0 radical (unpaired) electrons. The smallest absolute Gasteiger partial charge is 0.328 e. The lowest BCUT2D eigenvalue weighted by atomic mass is 10.1. The normalized spacial score (nSPS) is 11.7. The van der Waals surface area contributed by atoms with E-state index in [1.54, 1.807) is 18.3 Å². The van der Waals surface area contributed by atoms with Crippen LogP contribution in [0.3, 0.4) is 0 Å². The number of nitrogens with two attached hydrogens (primary N) is 1. The average Bonchev–Trinajstić information content (AvgIpc) is 2.89. The number of carbonyl (C=O) groups is 3. The maximum atomic E-state index is 12.1. The van der Waals surface area contributed by atoms with Crippen molar-refractivity contribution in [3.8, 4) is 0 Å². The highest BCUT2D eigenvalue weighted by Gasteiger charge is 2.22. The van der Waals surface area contributed by atoms with Gasteiger partial charge in [0, 0.05) is 18.8 Å². The van der Waals surface area contributed by atoms with E-state index in [0.29, 0.717) is 18.4 Å². The third kappa shape index (κ3) is 8.84. The van der Waals surface area contributed by atoms with Crippen LogP contribution in [0.4, 0.5) is 0 Å². The van der Waals surface area contributed by atoms with Gasteiger partial charge < -0.3 is 20.5 Å². The summed E-state index contributed by atoms with van der Waals surface area (Å²) in [5.41, 5.74) is 7.97. The second-order valence-electron chi connectivity index (χ2n) is 7.30. The van der Waals surface area contributed by atoms with Crippen molar-refractivity contribution < 1.29 is 23.9 Å². The topological polar surface area (TPSA) is 121 Å². The number of hydrogen-bond acceptors (Lipinski definition) is 7. The summed E-state index contributed by atoms with van der Waals surface area (Å²) >= 11 is 0. The largest absolute Gasteiger partial charge is 0.468 e. The van der Waals surface area contributed by atoms with E-state index in [1.165, 1.54) is 20.4 Å². The lowest BCUT2D eigenvalue weighted by Crippen LogP contribution is -2.43. The van der Waals surface area contributed by atoms with E-state index in [1.807, 2.05) is 60.7 Å². The van der Waals surface area contributed by atoms with Gasteiger partial charge in [-0.25, -0.2) is 4.79 Å². The number of ether oxygens (including phenoxy) is 2. The second-order valence-corrected chi connectivity index (χ2v) is 7.30. The van der Waals surface area contributed by atoms with Gasteiger partial charge in [0.1, 0.15) is 12.1 Å². The Morgan fingerprint density at radius 3 is 1.88 bits per heavy atom. The molecule has 0 aliphatic rings. The van der Waals surface area contributed by atoms with Gasteiger partial charge in [0.15, 0.2) is 0 Å². The number of aromatic nitrogens is 1. The van der Waals surface area contributed by atoms with Gasteiger partial charge in [-0.05, 0) is 29.7 Å². The number of pyridine rings is 1. The molecule has 0 aliphatic carbocycles. The molecular weight excluding hydrogens is 434 g/mol. The molecule has 0 bridgehead atoms. The van der Waals surface area contributed by atoms with Gasteiger partial charge in [-0.1, -0.05) is 60.7 Å². The molecule has 3 aromatic rings. The molecule has 8 nitrogen and oxygen atoms in total. The molecular formula is C26H29N3O5. The third-order valence-corrected chi connectivity index (χ3v) is 4.80. The van der Waals surface area contributed by atoms with Crippen LogP contribution in [-0.2, 0) is 31.9 Å². The minimum atomic E-state index is -0.731. The summed E-state index contributed by atoms with van der Waals surface area (Å²) in [5, 5.41) is 2.68. The summed E-state index contributed by atoms with van der Waals surface area (Å²) in [6.07, 6.45) is 3.93. The first-order valence-electron chi connectivity index (χ1n) is 10.6. The molecule has 0 aliphatic heterocycles. The van der Waals surface area contributed by atoms with Crippen LogP contribution in [0.2, 0.25) is 0 Å². The summed E-state index contributed by atoms with van der Waals surface area (Å²) in [4.78, 5) is 38.8. The highest BCUT2D eigenvalue weighted by Crippen LogP contribution is 2.06. The molecule has 8 heteroatoms. The average molecular weight is 464 g/mol. The van der Waals surface area contributed by atoms with Crippen LogP contribution in [0.15, 0.2) is 85.2 Å². The Morgan fingerprint density at radius 1 is 0.824 bits per heavy atom. The Morgan fingerprint density at radius 2 is 1.38 bits per heavy atom. The SMILES string of the molecule is COC(=O)C(Cc1ccccc1)NC(=O)c1cccnc1.COC(=O)C(N)Cc1ccccc1. The summed E-state index contributed by atoms with van der Waals surface area (Å²) in [6, 6.07) is 21.1. The van der Waals surface area contributed by atoms with Crippen molar-refractivity contribution in [3.05, 3.63) is 102 Å². The first-order valence-corrected chi connectivity index (χ1v) is 10.6. The fraction of sp³-hybridized carbons (Fsp3) is 0.231. The zero-order valence-electron chi connectivity index (χ0n) is 19.2. The Hall–Kier alpha value is -4.04. The molecule has 3 N–H and O–H groups in total. The lowest BCUT2D eigenvalue weighted by Gasteiger charge is -2.16. The number of nitrogens with zero attached hydrogens (tertiary/aromatic N) is 1. The molecule has 178 valence electrons. The van der Waals surface area contributed by atoms with Crippen LogP contribution in [0.25, 0.3) is 0 Å². The Labute approximate surface area is 199 Å². The fourth-order valence-corrected chi connectivity index (χ4v) is 3.03. The minimum Gasteiger partial charge on any atom is -0.468 e. The monoisotopic (exact) mass is 463 g/mol. The summed E-state index contributed by atoms with van der Waals surface area (Å²) in [5.74, 6) is -1.20. The number of methoxy groups -OCH3 is 2. The van der Waals surface area contributed by atoms with Crippen LogP contribution < -0.4 is 11.1 Å². The first-order chi connectivity index (χ1) is 16.4. The van der Waals surface area contributed by atoms with Crippen molar-refractivity contribution >= 4 is 17.8 Å². The van der Waals surface area contributed by atoms with Gasteiger partial charge in [-0.15, -0.1) is 0 Å². The van der Waals surface area contributed by atoms with Crippen LogP contribution in [-0.4, -0.2) is 49.1 Å². The number of benzene rings is 2. The zero-order chi connectivity index (χ0) is 24.8. The molecule has 0 saturated heterocycles. The van der Waals surface area contributed by atoms with E-state index in [0.717, 1.165) is 11.1 Å². The summed E-state index contributed by atoms with van der Waals surface area (Å²) in [7, 11) is 2.64. The van der Waals surface area contributed by atoms with Crippen molar-refractivity contribution in [1.29, 1.82) is 0 Å². The maximum absolute atomic E-state index is 12.1. The fourth-order valence-electron chi connectivity index (χ4n) is 3.03. The van der Waals surface area contributed by atoms with E-state index in [2.05, 4.69) is 15.0 Å². The van der Waals surface area contributed by atoms with Gasteiger partial charge in [0.05, 0.1) is 19.8 Å². The van der Waals surface area contributed by atoms with E-state index in [9.17, 15) is 14.4 Å². The standard InChI is InChI=1S/C16H16N2O3.C10H13NO2/c1-21-16(20)14(10-12-6-3-2-4-7-12)18-15(19)13-8-5-9-17-11-13;1-13-10(12)9(11)7-8-5-3-2-4-6-8/h2-9,11,14H,10H2,1H3,(H,18,19);2-6,9H,7,11H2,1H3. The number of nitrogens with one attached hydrogen (secondary N) is 1. The van der Waals surface area contributed by atoms with Crippen molar-refractivity contribution in [2.24, 2.45) is 5.73 Å². The number of hydrogen-bond donors (Lipinski definition) is 2. The number of esters is 2. The Bertz CT molecular complexity index is 1030. The Kier molecular flexibility index (Phi) is 10.9. The highest BCUT2D eigenvalue weighted by molar-refractivity contribution is 5.96. The maximum Gasteiger partial charge on any atom is 0.328 e. The minimum absolute atomic E-state index is 0.352. The van der Waals surface area contributed by atoms with E-state index in [4.69, 9.17) is 10.5 Å². The second kappa shape index (κ2) is 14.2. The molecule has 2 atom stereocenters. The van der Waals surface area contributed by atoms with Gasteiger partial charge >= 0.3 is 11.9 Å². The first kappa shape index (κ1) is 26.2. The molecule has 34 heavy (non-hydrogen) atoms. The van der Waals surface area contributed by atoms with Crippen LogP contribution in [0.1, 0.15) is 21.5 Å². The summed E-state index contributed by atoms with van der Waals surface area (Å²) < 4.78 is 9.27. The summed E-state index contributed by atoms with van der Waals surface area (Å²) in [6.45, 7) is 0. The zero-order valence-corrected chi connectivity index (χ0v) is 19.2. The number of rotatable bonds is 8. The molecule has 1 amide bonds. The van der Waals surface area contributed by atoms with Crippen LogP contribution >= 0.6 is 0 Å². The molecule has 2 unspecified atom stereocenters. The molecule has 1 heterocycles.